The fourth-order valence-corrected chi connectivity index (χ4v) is 5.20. The summed E-state index contributed by atoms with van der Waals surface area (Å²) >= 11 is 0. The van der Waals surface area contributed by atoms with Crippen LogP contribution < -0.4 is 10.1 Å². The van der Waals surface area contributed by atoms with Crippen LogP contribution in [0.2, 0.25) is 0 Å². The molecular weight excluding hydrogens is 496 g/mol. The highest BCUT2D eigenvalue weighted by Crippen LogP contribution is 2.41. The Hall–Kier alpha value is -3.52. The number of benzene rings is 2. The Labute approximate surface area is 229 Å². The van der Waals surface area contributed by atoms with Gasteiger partial charge in [-0.05, 0) is 82.0 Å². The summed E-state index contributed by atoms with van der Waals surface area (Å²) in [4.78, 5) is 25.0. The van der Waals surface area contributed by atoms with Crippen molar-refractivity contribution in [2.75, 3.05) is 25.5 Å². The Morgan fingerprint density at radius 1 is 1.13 bits per heavy atom. The minimum absolute atomic E-state index is 0.0294. The smallest absolute Gasteiger partial charge is 0.305 e. The Morgan fingerprint density at radius 3 is 2.46 bits per heavy atom. The van der Waals surface area contributed by atoms with Gasteiger partial charge in [-0.25, -0.2) is 0 Å². The SMILES string of the molecule is Cc1c(C(Nc2ccc(C(=O)N(C)CCC(=O)O)cc2)C2CCCCC2)oc2ccc(OCC(C)(C)O)cc12. The number of nitrogens with zero attached hydrogens (tertiary/aromatic N) is 1. The van der Waals surface area contributed by atoms with Crippen molar-refractivity contribution < 1.29 is 29.0 Å². The van der Waals surface area contributed by atoms with Crippen molar-refractivity contribution in [3.8, 4) is 5.75 Å². The van der Waals surface area contributed by atoms with E-state index in [9.17, 15) is 14.7 Å². The number of aliphatic carboxylic acids is 1. The molecule has 0 aliphatic heterocycles. The summed E-state index contributed by atoms with van der Waals surface area (Å²) in [6.07, 6.45) is 5.75. The maximum Gasteiger partial charge on any atom is 0.305 e. The highest BCUT2D eigenvalue weighted by molar-refractivity contribution is 5.94. The molecule has 0 spiro atoms. The molecule has 1 amide bonds. The van der Waals surface area contributed by atoms with Crippen LogP contribution in [0, 0.1) is 12.8 Å². The topological polar surface area (TPSA) is 112 Å². The number of hydrogen-bond acceptors (Lipinski definition) is 6. The number of carbonyl (C=O) groups excluding carboxylic acids is 1. The molecule has 3 N–H and O–H groups in total. The summed E-state index contributed by atoms with van der Waals surface area (Å²) in [5.74, 6) is 0.873. The summed E-state index contributed by atoms with van der Waals surface area (Å²) in [5.41, 5.74) is 2.35. The molecule has 39 heavy (non-hydrogen) atoms. The number of anilines is 1. The molecule has 2 aromatic carbocycles. The van der Waals surface area contributed by atoms with Gasteiger partial charge in [0.15, 0.2) is 0 Å². The van der Waals surface area contributed by atoms with Gasteiger partial charge in [-0.15, -0.1) is 0 Å². The summed E-state index contributed by atoms with van der Waals surface area (Å²) in [6.45, 7) is 5.87. The first-order valence-electron chi connectivity index (χ1n) is 13.7. The van der Waals surface area contributed by atoms with E-state index in [1.807, 2.05) is 30.3 Å². The van der Waals surface area contributed by atoms with E-state index < -0.39 is 11.6 Å². The lowest BCUT2D eigenvalue weighted by Gasteiger charge is -2.31. The van der Waals surface area contributed by atoms with E-state index in [0.29, 0.717) is 17.2 Å². The van der Waals surface area contributed by atoms with Crippen LogP contribution in [0.5, 0.6) is 5.75 Å². The Balaban J connectivity index is 1.57. The lowest BCUT2D eigenvalue weighted by molar-refractivity contribution is -0.137. The fraction of sp³-hybridized carbons (Fsp3) is 0.484. The number of carbonyl (C=O) groups is 2. The molecule has 1 saturated carbocycles. The molecule has 8 nitrogen and oxygen atoms in total. The first kappa shape index (κ1) is 28.5. The van der Waals surface area contributed by atoms with Gasteiger partial charge in [-0.1, -0.05) is 19.3 Å². The second-order valence-corrected chi connectivity index (χ2v) is 11.3. The molecule has 1 atom stereocenters. The molecule has 1 aromatic heterocycles. The zero-order valence-corrected chi connectivity index (χ0v) is 23.3. The van der Waals surface area contributed by atoms with Crippen molar-refractivity contribution in [1.29, 1.82) is 0 Å². The third kappa shape index (κ3) is 7.32. The predicted octanol–water partition coefficient (Wildman–Crippen LogP) is 6.17. The van der Waals surface area contributed by atoms with E-state index in [1.54, 1.807) is 33.0 Å². The van der Waals surface area contributed by atoms with Crippen LogP contribution in [0.25, 0.3) is 11.0 Å². The van der Waals surface area contributed by atoms with Gasteiger partial charge in [0, 0.05) is 35.8 Å². The average molecular weight is 537 g/mol. The number of rotatable bonds is 11. The van der Waals surface area contributed by atoms with Gasteiger partial charge in [-0.3, -0.25) is 9.59 Å². The lowest BCUT2D eigenvalue weighted by Crippen LogP contribution is -2.29. The highest BCUT2D eigenvalue weighted by Gasteiger charge is 2.30. The molecule has 8 heteroatoms. The molecule has 1 fully saturated rings. The normalized spacial score (nSPS) is 15.2. The average Bonchev–Trinajstić information content (AvgIpc) is 3.24. The van der Waals surface area contributed by atoms with Crippen LogP contribution in [0.3, 0.4) is 0 Å². The molecule has 4 rings (SSSR count). The number of ether oxygens (including phenoxy) is 1. The monoisotopic (exact) mass is 536 g/mol. The van der Waals surface area contributed by atoms with Crippen LogP contribution >= 0.6 is 0 Å². The molecule has 3 aromatic rings. The van der Waals surface area contributed by atoms with Crippen molar-refractivity contribution in [2.45, 2.75) is 70.9 Å². The van der Waals surface area contributed by atoms with E-state index in [4.69, 9.17) is 14.3 Å². The number of fused-ring (bicyclic) bond motifs is 1. The highest BCUT2D eigenvalue weighted by atomic mass is 16.5. The first-order valence-corrected chi connectivity index (χ1v) is 13.7. The molecule has 210 valence electrons. The lowest BCUT2D eigenvalue weighted by atomic mass is 9.82. The number of furan rings is 1. The van der Waals surface area contributed by atoms with Crippen LogP contribution in [-0.2, 0) is 4.79 Å². The second-order valence-electron chi connectivity index (χ2n) is 11.3. The summed E-state index contributed by atoms with van der Waals surface area (Å²) in [5, 5.41) is 23.6. The quantitative estimate of drug-likeness (QED) is 0.269. The van der Waals surface area contributed by atoms with Gasteiger partial charge in [0.25, 0.3) is 5.91 Å². The minimum atomic E-state index is -0.929. The Bertz CT molecular complexity index is 1280. The maximum atomic E-state index is 12.7. The van der Waals surface area contributed by atoms with Gasteiger partial charge in [0.05, 0.1) is 18.1 Å². The Kier molecular flexibility index (Phi) is 8.85. The van der Waals surface area contributed by atoms with Gasteiger partial charge < -0.3 is 29.6 Å². The van der Waals surface area contributed by atoms with E-state index in [2.05, 4.69) is 12.2 Å². The van der Waals surface area contributed by atoms with E-state index in [1.165, 1.54) is 24.2 Å². The number of aryl methyl sites for hydroxylation is 1. The molecule has 0 radical (unpaired) electrons. The molecule has 0 saturated heterocycles. The van der Waals surface area contributed by atoms with Gasteiger partial charge >= 0.3 is 5.97 Å². The van der Waals surface area contributed by atoms with Crippen molar-refractivity contribution in [2.24, 2.45) is 5.92 Å². The third-order valence-electron chi connectivity index (χ3n) is 7.40. The third-order valence-corrected chi connectivity index (χ3v) is 7.40. The summed E-state index contributed by atoms with van der Waals surface area (Å²) < 4.78 is 12.3. The predicted molar refractivity (Wildman–Crippen MR) is 151 cm³/mol. The van der Waals surface area contributed by atoms with Gasteiger partial charge in [-0.2, -0.15) is 0 Å². The largest absolute Gasteiger partial charge is 0.491 e. The van der Waals surface area contributed by atoms with Crippen molar-refractivity contribution >= 4 is 28.5 Å². The zero-order chi connectivity index (χ0) is 28.2. The minimum Gasteiger partial charge on any atom is -0.491 e. The maximum absolute atomic E-state index is 12.7. The van der Waals surface area contributed by atoms with Crippen LogP contribution in [0.4, 0.5) is 5.69 Å². The summed E-state index contributed by atoms with van der Waals surface area (Å²) in [7, 11) is 1.61. The number of aliphatic hydroxyl groups is 1. The number of hydrogen-bond donors (Lipinski definition) is 3. The van der Waals surface area contributed by atoms with Gasteiger partial charge in [0.2, 0.25) is 0 Å². The van der Waals surface area contributed by atoms with Crippen LogP contribution in [-0.4, -0.2) is 52.8 Å². The molecule has 1 aliphatic carbocycles. The van der Waals surface area contributed by atoms with E-state index in [0.717, 1.165) is 40.8 Å². The number of carboxylic acids is 1. The van der Waals surface area contributed by atoms with Crippen molar-refractivity contribution in [1.82, 2.24) is 4.90 Å². The fourth-order valence-electron chi connectivity index (χ4n) is 5.20. The number of nitrogens with one attached hydrogen (secondary N) is 1. The van der Waals surface area contributed by atoms with Gasteiger partial charge in [0.1, 0.15) is 23.7 Å². The number of carboxylic acid groups (broad SMARTS) is 1. The molecule has 0 bridgehead atoms. The number of amides is 1. The first-order chi connectivity index (χ1) is 18.5. The van der Waals surface area contributed by atoms with Crippen LogP contribution in [0.15, 0.2) is 46.9 Å². The van der Waals surface area contributed by atoms with Crippen molar-refractivity contribution in [3.05, 3.63) is 59.4 Å². The molecular formula is C31H40N2O6. The molecule has 1 unspecified atom stereocenters. The van der Waals surface area contributed by atoms with E-state index >= 15 is 0 Å². The standard InChI is InChI=1S/C31H40N2O6/c1-20-25-18-24(38-19-31(2,3)37)14-15-26(25)39-29(20)28(21-8-6-5-7-9-21)32-23-12-10-22(11-13-23)30(36)33(4)17-16-27(34)35/h10-15,18,21,28,32,37H,5-9,16-17,19H2,1-4H3,(H,34,35). The summed E-state index contributed by atoms with van der Waals surface area (Å²) in [6, 6.07) is 13.1. The molecule has 1 heterocycles. The van der Waals surface area contributed by atoms with Crippen LogP contribution in [0.1, 0.15) is 80.1 Å². The zero-order valence-electron chi connectivity index (χ0n) is 23.3. The Morgan fingerprint density at radius 2 is 1.82 bits per heavy atom. The molecule has 1 aliphatic rings. The second kappa shape index (κ2) is 12.1. The van der Waals surface area contributed by atoms with Crippen molar-refractivity contribution in [3.63, 3.8) is 0 Å². The van der Waals surface area contributed by atoms with E-state index in [-0.39, 0.29) is 31.5 Å².